The van der Waals surface area contributed by atoms with Crippen LogP contribution in [0.4, 0.5) is 5.69 Å². The van der Waals surface area contributed by atoms with Crippen molar-refractivity contribution in [2.45, 2.75) is 0 Å². The minimum Gasteiger partial charge on any atom is -0.628 e. The molecule has 0 saturated heterocycles. The number of nitrogens with one attached hydrogen (secondary N) is 1. The van der Waals surface area contributed by atoms with Gasteiger partial charge < -0.3 is 15.6 Å². The SMILES string of the molecule is O=Cc1cc2ccccc2cc1[NH+]([O-])[O-]. The van der Waals surface area contributed by atoms with Gasteiger partial charge in [-0.2, -0.15) is 0 Å². The third-order valence-corrected chi connectivity index (χ3v) is 2.26. The molecule has 0 heterocycles. The van der Waals surface area contributed by atoms with Crippen LogP contribution in [0.15, 0.2) is 36.4 Å². The zero-order valence-corrected chi connectivity index (χ0v) is 7.77. The number of hydrogen-bond donors (Lipinski definition) is 1. The quantitative estimate of drug-likeness (QED) is 0.587. The molecule has 2 rings (SSSR count). The Morgan fingerprint density at radius 1 is 1.07 bits per heavy atom. The fourth-order valence-electron chi connectivity index (χ4n) is 1.53. The van der Waals surface area contributed by atoms with Crippen LogP contribution in [0.1, 0.15) is 10.4 Å². The Kier molecular flexibility index (Phi) is 2.47. The van der Waals surface area contributed by atoms with Crippen molar-refractivity contribution in [3.63, 3.8) is 0 Å². The zero-order valence-electron chi connectivity index (χ0n) is 7.77. The lowest BCUT2D eigenvalue weighted by Gasteiger charge is -2.26. The fraction of sp³-hybridized carbons (Fsp3) is 0. The van der Waals surface area contributed by atoms with Crippen molar-refractivity contribution in [1.82, 2.24) is 0 Å². The highest BCUT2D eigenvalue weighted by molar-refractivity contribution is 5.93. The minimum absolute atomic E-state index is 0.0660. The molecule has 4 nitrogen and oxygen atoms in total. The number of rotatable bonds is 2. The van der Waals surface area contributed by atoms with Crippen LogP contribution in [0, 0.1) is 10.4 Å². The molecule has 15 heavy (non-hydrogen) atoms. The van der Waals surface area contributed by atoms with Crippen LogP contribution in [-0.4, -0.2) is 6.29 Å². The fourth-order valence-corrected chi connectivity index (χ4v) is 1.53. The third-order valence-electron chi connectivity index (χ3n) is 2.26. The number of fused-ring (bicyclic) bond motifs is 1. The predicted octanol–water partition coefficient (Wildman–Crippen LogP) is 1.16. The van der Waals surface area contributed by atoms with Crippen molar-refractivity contribution in [1.29, 1.82) is 0 Å². The van der Waals surface area contributed by atoms with Gasteiger partial charge in [-0.1, -0.05) is 24.3 Å². The van der Waals surface area contributed by atoms with Gasteiger partial charge in [0.05, 0.1) is 5.56 Å². The standard InChI is InChI=1S/C11H8NO3/c13-7-10-5-8-3-1-2-4-9(8)6-11(10)12(14)15/h1-7,12H/q-1. The summed E-state index contributed by atoms with van der Waals surface area (Å²) in [6, 6.07) is 10.2. The molecule has 0 amide bonds. The first-order valence-electron chi connectivity index (χ1n) is 4.41. The van der Waals surface area contributed by atoms with Crippen LogP contribution >= 0.6 is 0 Å². The van der Waals surface area contributed by atoms with Crippen molar-refractivity contribution >= 4 is 22.7 Å². The molecular formula is C11H8NO3-. The molecule has 0 aliphatic carbocycles. The maximum atomic E-state index is 10.8. The Morgan fingerprint density at radius 2 is 1.67 bits per heavy atom. The molecule has 4 heteroatoms. The summed E-state index contributed by atoms with van der Waals surface area (Å²) in [5, 5.41) is 21.8. The highest BCUT2D eigenvalue weighted by atomic mass is 16.8. The second-order valence-electron chi connectivity index (χ2n) is 3.19. The van der Waals surface area contributed by atoms with E-state index < -0.39 is 5.23 Å². The van der Waals surface area contributed by atoms with E-state index in [2.05, 4.69) is 0 Å². The number of carbonyl (C=O) groups excluding carboxylic acids is 1. The minimum atomic E-state index is -1.33. The molecule has 0 aliphatic heterocycles. The Hall–Kier alpha value is -1.75. The monoisotopic (exact) mass is 202 g/mol. The molecule has 0 aliphatic rings. The molecule has 0 aromatic heterocycles. The largest absolute Gasteiger partial charge is 0.628 e. The van der Waals surface area contributed by atoms with Crippen LogP contribution in [-0.2, 0) is 0 Å². The first-order chi connectivity index (χ1) is 7.22. The summed E-state index contributed by atoms with van der Waals surface area (Å²) in [5.74, 6) is 0. The average Bonchev–Trinajstić information content (AvgIpc) is 2.27. The molecule has 0 fully saturated rings. The van der Waals surface area contributed by atoms with E-state index in [1.54, 1.807) is 12.1 Å². The van der Waals surface area contributed by atoms with Gasteiger partial charge in [-0.05, 0) is 16.8 Å². The maximum absolute atomic E-state index is 10.8. The summed E-state index contributed by atoms with van der Waals surface area (Å²) >= 11 is 0. The number of benzene rings is 2. The lowest BCUT2D eigenvalue weighted by molar-refractivity contribution is -0.715. The van der Waals surface area contributed by atoms with E-state index in [4.69, 9.17) is 0 Å². The van der Waals surface area contributed by atoms with E-state index in [1.165, 1.54) is 6.07 Å². The van der Waals surface area contributed by atoms with Crippen molar-refractivity contribution in [2.24, 2.45) is 0 Å². The van der Waals surface area contributed by atoms with Crippen LogP contribution < -0.4 is 5.23 Å². The Balaban J connectivity index is 2.74. The first kappa shape index (κ1) is 9.79. The topological polar surface area (TPSA) is 67.6 Å². The van der Waals surface area contributed by atoms with E-state index >= 15 is 0 Å². The predicted molar refractivity (Wildman–Crippen MR) is 56.7 cm³/mol. The first-order valence-corrected chi connectivity index (χ1v) is 4.41. The smallest absolute Gasteiger partial charge is 0.156 e. The normalized spacial score (nSPS) is 10.9. The molecule has 0 saturated carbocycles. The van der Waals surface area contributed by atoms with Gasteiger partial charge in [0.1, 0.15) is 5.69 Å². The van der Waals surface area contributed by atoms with Gasteiger partial charge >= 0.3 is 0 Å². The lowest BCUT2D eigenvalue weighted by atomic mass is 10.1. The average molecular weight is 202 g/mol. The summed E-state index contributed by atoms with van der Waals surface area (Å²) in [6.07, 6.45) is 0.525. The molecule has 0 unspecified atom stereocenters. The Bertz CT molecular complexity index is 508. The van der Waals surface area contributed by atoms with Gasteiger partial charge in [0.25, 0.3) is 0 Å². The second-order valence-corrected chi connectivity index (χ2v) is 3.19. The van der Waals surface area contributed by atoms with E-state index in [1.807, 2.05) is 18.2 Å². The number of hydrogen-bond acceptors (Lipinski definition) is 3. The Morgan fingerprint density at radius 3 is 2.20 bits per heavy atom. The third kappa shape index (κ3) is 1.73. The lowest BCUT2D eigenvalue weighted by Crippen LogP contribution is -2.96. The summed E-state index contributed by atoms with van der Waals surface area (Å²) in [5.41, 5.74) is 0.0809. The van der Waals surface area contributed by atoms with Crippen molar-refractivity contribution < 1.29 is 10.0 Å². The summed E-state index contributed by atoms with van der Waals surface area (Å²) in [7, 11) is 0. The van der Waals surface area contributed by atoms with Crippen LogP contribution in [0.3, 0.4) is 0 Å². The number of aldehydes is 1. The molecule has 76 valence electrons. The molecule has 0 spiro atoms. The molecule has 2 aromatic rings. The van der Waals surface area contributed by atoms with Gasteiger partial charge in [-0.25, -0.2) is 0 Å². The van der Waals surface area contributed by atoms with Gasteiger partial charge in [0.15, 0.2) is 6.29 Å². The van der Waals surface area contributed by atoms with Gasteiger partial charge in [0, 0.05) is 6.07 Å². The van der Waals surface area contributed by atoms with Crippen LogP contribution in [0.25, 0.3) is 10.8 Å². The van der Waals surface area contributed by atoms with Crippen LogP contribution in [0.5, 0.6) is 0 Å². The highest BCUT2D eigenvalue weighted by Crippen LogP contribution is 2.20. The zero-order chi connectivity index (χ0) is 10.8. The molecule has 0 atom stereocenters. The van der Waals surface area contributed by atoms with E-state index in [9.17, 15) is 15.2 Å². The van der Waals surface area contributed by atoms with Crippen molar-refractivity contribution in [3.8, 4) is 0 Å². The molecule has 2 aromatic carbocycles. The highest BCUT2D eigenvalue weighted by Gasteiger charge is 2.06. The maximum Gasteiger partial charge on any atom is 0.156 e. The summed E-state index contributed by atoms with van der Waals surface area (Å²) < 4.78 is 0. The molecule has 0 radical (unpaired) electrons. The number of carbonyl (C=O) groups is 1. The summed E-state index contributed by atoms with van der Waals surface area (Å²) in [4.78, 5) is 10.7. The van der Waals surface area contributed by atoms with E-state index in [-0.39, 0.29) is 11.3 Å². The van der Waals surface area contributed by atoms with Crippen LogP contribution in [0.2, 0.25) is 0 Å². The van der Waals surface area contributed by atoms with E-state index in [0.29, 0.717) is 6.29 Å². The van der Waals surface area contributed by atoms with Gasteiger partial charge in [-0.15, -0.1) is 0 Å². The number of quaternary nitrogens is 1. The second kappa shape index (κ2) is 3.78. The Labute approximate surface area is 85.9 Å². The summed E-state index contributed by atoms with van der Waals surface area (Å²) in [6.45, 7) is 0. The molecular weight excluding hydrogens is 194 g/mol. The van der Waals surface area contributed by atoms with E-state index in [0.717, 1.165) is 10.8 Å². The molecule has 1 N–H and O–H groups in total. The van der Waals surface area contributed by atoms with Crippen molar-refractivity contribution in [3.05, 3.63) is 52.4 Å². The van der Waals surface area contributed by atoms with Gasteiger partial charge in [0.2, 0.25) is 0 Å². The van der Waals surface area contributed by atoms with Gasteiger partial charge in [-0.3, -0.25) is 4.79 Å². The van der Waals surface area contributed by atoms with Crippen molar-refractivity contribution in [2.75, 3.05) is 0 Å². The molecule has 0 bridgehead atoms.